The first-order chi connectivity index (χ1) is 5.77. The van der Waals surface area contributed by atoms with Crippen molar-refractivity contribution in [2.45, 2.75) is 6.92 Å². The predicted octanol–water partition coefficient (Wildman–Crippen LogP) is 2.44. The van der Waals surface area contributed by atoms with Crippen LogP contribution in [0.25, 0.3) is 0 Å². The van der Waals surface area contributed by atoms with Crippen LogP contribution in [0.15, 0.2) is 18.2 Å². The van der Waals surface area contributed by atoms with E-state index in [9.17, 15) is 0 Å². The molecule has 12 heavy (non-hydrogen) atoms. The Hall–Kier alpha value is -1.20. The highest BCUT2D eigenvalue weighted by Crippen LogP contribution is 2.19. The van der Waals surface area contributed by atoms with Crippen LogP contribution in [0.1, 0.15) is 11.1 Å². The second kappa shape index (κ2) is 3.99. The Kier molecular flexibility index (Phi) is 2.95. The number of rotatable bonds is 2. The normalized spacial score (nSPS) is 9.08. The van der Waals surface area contributed by atoms with Gasteiger partial charge in [-0.3, -0.25) is 0 Å². The summed E-state index contributed by atoms with van der Waals surface area (Å²) in [6.45, 7) is 1.91. The van der Waals surface area contributed by atoms with Gasteiger partial charge in [0, 0.05) is 0 Å². The van der Waals surface area contributed by atoms with Crippen LogP contribution in [0.2, 0.25) is 0 Å². The molecule has 0 spiro atoms. The largest absolute Gasteiger partial charge is 0.478 e. The number of aryl methyl sites for hydroxylation is 1. The van der Waals surface area contributed by atoms with Crippen molar-refractivity contribution in [3.05, 3.63) is 29.3 Å². The summed E-state index contributed by atoms with van der Waals surface area (Å²) < 4.78 is 5.09. The van der Waals surface area contributed by atoms with Crippen molar-refractivity contribution in [1.82, 2.24) is 0 Å². The highest BCUT2D eigenvalue weighted by Gasteiger charge is 1.99. The van der Waals surface area contributed by atoms with E-state index < -0.39 is 0 Å². The lowest BCUT2D eigenvalue weighted by Crippen LogP contribution is -1.92. The Morgan fingerprint density at radius 1 is 1.58 bits per heavy atom. The number of benzene rings is 1. The highest BCUT2D eigenvalue weighted by molar-refractivity contribution is 6.17. The molecule has 0 amide bonds. The average molecular weight is 182 g/mol. The van der Waals surface area contributed by atoms with E-state index in [-0.39, 0.29) is 6.07 Å². The number of hydrogen-bond acceptors (Lipinski definition) is 2. The number of alkyl halides is 1. The van der Waals surface area contributed by atoms with Crippen molar-refractivity contribution >= 4 is 11.6 Å². The third-order valence-corrected chi connectivity index (χ3v) is 1.64. The molecule has 0 aliphatic heterocycles. The lowest BCUT2D eigenvalue weighted by atomic mass is 10.1. The fraction of sp³-hybridized carbons (Fsp3) is 0.222. The Balaban J connectivity index is 3.01. The van der Waals surface area contributed by atoms with Gasteiger partial charge in [0.1, 0.15) is 5.75 Å². The van der Waals surface area contributed by atoms with Gasteiger partial charge in [0.25, 0.3) is 0 Å². The van der Waals surface area contributed by atoms with Crippen LogP contribution in [-0.4, -0.2) is 6.07 Å². The van der Waals surface area contributed by atoms with Crippen molar-refractivity contribution < 1.29 is 4.74 Å². The van der Waals surface area contributed by atoms with Gasteiger partial charge in [-0.05, 0) is 24.6 Å². The quantitative estimate of drug-likeness (QED) is 0.657. The molecule has 0 bridgehead atoms. The summed E-state index contributed by atoms with van der Waals surface area (Å²) in [6.07, 6.45) is 0. The molecular weight excluding hydrogens is 174 g/mol. The minimum atomic E-state index is 0.107. The van der Waals surface area contributed by atoms with Gasteiger partial charge in [-0.1, -0.05) is 17.7 Å². The van der Waals surface area contributed by atoms with Crippen LogP contribution in [0.5, 0.6) is 5.75 Å². The number of hydrogen-bond donors (Lipinski definition) is 0. The molecule has 0 aromatic heterocycles. The molecule has 1 rings (SSSR count). The number of ether oxygens (including phenoxy) is 1. The molecule has 0 saturated heterocycles. The maximum Gasteiger partial charge on any atom is 0.162 e. The van der Waals surface area contributed by atoms with Crippen LogP contribution in [0.4, 0.5) is 0 Å². The van der Waals surface area contributed by atoms with Crippen LogP contribution in [-0.2, 0) is 0 Å². The van der Waals surface area contributed by atoms with E-state index in [1.54, 1.807) is 12.1 Å². The summed E-state index contributed by atoms with van der Waals surface area (Å²) in [7, 11) is 0. The molecule has 0 aliphatic carbocycles. The van der Waals surface area contributed by atoms with Crippen molar-refractivity contribution in [3.8, 4) is 11.8 Å². The van der Waals surface area contributed by atoms with Gasteiger partial charge in [-0.25, -0.2) is 0 Å². The summed E-state index contributed by atoms with van der Waals surface area (Å²) in [5.74, 6) is 0.670. The lowest BCUT2D eigenvalue weighted by molar-refractivity contribution is 0.385. The SMILES string of the molecule is Cc1ccc(C#N)cc1OCCl. The van der Waals surface area contributed by atoms with E-state index in [1.807, 2.05) is 19.1 Å². The second-order valence-electron chi connectivity index (χ2n) is 2.35. The molecule has 0 atom stereocenters. The summed E-state index contributed by atoms with van der Waals surface area (Å²) in [5.41, 5.74) is 1.57. The third-order valence-electron chi connectivity index (χ3n) is 1.53. The molecule has 0 heterocycles. The molecule has 0 aliphatic rings. The van der Waals surface area contributed by atoms with Gasteiger partial charge in [0.2, 0.25) is 0 Å². The van der Waals surface area contributed by atoms with Crippen molar-refractivity contribution in [2.24, 2.45) is 0 Å². The third kappa shape index (κ3) is 1.90. The average Bonchev–Trinajstić information content (AvgIpc) is 2.09. The predicted molar refractivity (Wildman–Crippen MR) is 47.2 cm³/mol. The summed E-state index contributed by atoms with van der Waals surface area (Å²) in [5, 5.41) is 8.58. The zero-order valence-electron chi connectivity index (χ0n) is 6.67. The van der Waals surface area contributed by atoms with Crippen LogP contribution >= 0.6 is 11.6 Å². The van der Waals surface area contributed by atoms with Crippen LogP contribution in [0, 0.1) is 18.3 Å². The first kappa shape index (κ1) is 8.89. The fourth-order valence-corrected chi connectivity index (χ4v) is 1.00. The second-order valence-corrected chi connectivity index (χ2v) is 2.56. The molecule has 0 radical (unpaired) electrons. The van der Waals surface area contributed by atoms with Gasteiger partial charge < -0.3 is 4.74 Å². The Morgan fingerprint density at radius 3 is 2.92 bits per heavy atom. The van der Waals surface area contributed by atoms with E-state index in [2.05, 4.69) is 0 Å². The molecule has 0 N–H and O–H groups in total. The van der Waals surface area contributed by atoms with E-state index in [0.717, 1.165) is 5.56 Å². The molecule has 0 saturated carbocycles. The number of nitrogens with zero attached hydrogens (tertiary/aromatic N) is 1. The van der Waals surface area contributed by atoms with Gasteiger partial charge in [-0.2, -0.15) is 5.26 Å². The molecule has 1 aromatic rings. The van der Waals surface area contributed by atoms with Crippen LogP contribution < -0.4 is 4.74 Å². The van der Waals surface area contributed by atoms with Gasteiger partial charge in [0.05, 0.1) is 11.6 Å². The van der Waals surface area contributed by atoms with Gasteiger partial charge >= 0.3 is 0 Å². The molecule has 62 valence electrons. The van der Waals surface area contributed by atoms with Crippen molar-refractivity contribution in [3.63, 3.8) is 0 Å². The smallest absolute Gasteiger partial charge is 0.162 e. The maximum absolute atomic E-state index is 8.58. The Bertz CT molecular complexity index is 317. The van der Waals surface area contributed by atoms with Crippen LogP contribution in [0.3, 0.4) is 0 Å². The first-order valence-electron chi connectivity index (χ1n) is 3.47. The summed E-state index contributed by atoms with van der Waals surface area (Å²) >= 11 is 5.40. The lowest BCUT2D eigenvalue weighted by Gasteiger charge is -2.04. The standard InChI is InChI=1S/C9H8ClNO/c1-7-2-3-8(5-11)4-9(7)12-6-10/h2-4H,6H2,1H3. The van der Waals surface area contributed by atoms with E-state index in [0.29, 0.717) is 11.3 Å². The highest BCUT2D eigenvalue weighted by atomic mass is 35.5. The zero-order valence-corrected chi connectivity index (χ0v) is 7.43. The molecule has 1 aromatic carbocycles. The fourth-order valence-electron chi connectivity index (χ4n) is 0.884. The monoisotopic (exact) mass is 181 g/mol. The van der Waals surface area contributed by atoms with Gasteiger partial charge in [0.15, 0.2) is 6.07 Å². The topological polar surface area (TPSA) is 33.0 Å². The molecule has 3 heteroatoms. The Morgan fingerprint density at radius 2 is 2.33 bits per heavy atom. The minimum Gasteiger partial charge on any atom is -0.478 e. The van der Waals surface area contributed by atoms with Crippen molar-refractivity contribution in [1.29, 1.82) is 5.26 Å². The summed E-state index contributed by atoms with van der Waals surface area (Å²) in [6, 6.07) is 7.40. The number of halogens is 1. The maximum atomic E-state index is 8.58. The first-order valence-corrected chi connectivity index (χ1v) is 4.01. The zero-order chi connectivity index (χ0) is 8.97. The van der Waals surface area contributed by atoms with E-state index >= 15 is 0 Å². The minimum absolute atomic E-state index is 0.107. The molecular formula is C9H8ClNO. The van der Waals surface area contributed by atoms with Gasteiger partial charge in [-0.15, -0.1) is 0 Å². The number of nitriles is 1. The Labute approximate surface area is 76.3 Å². The molecule has 0 unspecified atom stereocenters. The van der Waals surface area contributed by atoms with E-state index in [4.69, 9.17) is 21.6 Å². The van der Waals surface area contributed by atoms with E-state index in [1.165, 1.54) is 0 Å². The molecule has 2 nitrogen and oxygen atoms in total. The molecule has 0 fully saturated rings. The summed E-state index contributed by atoms with van der Waals surface area (Å²) in [4.78, 5) is 0. The van der Waals surface area contributed by atoms with Crippen molar-refractivity contribution in [2.75, 3.05) is 6.07 Å².